The van der Waals surface area contributed by atoms with Gasteiger partial charge < -0.3 is 10.2 Å². The molecule has 1 unspecified atom stereocenters. The maximum atomic E-state index is 12.4. The zero-order valence-corrected chi connectivity index (χ0v) is 13.7. The van der Waals surface area contributed by atoms with Gasteiger partial charge in [-0.2, -0.15) is 0 Å². The van der Waals surface area contributed by atoms with Gasteiger partial charge in [0.25, 0.3) is 0 Å². The summed E-state index contributed by atoms with van der Waals surface area (Å²) >= 11 is 1.70. The molecule has 5 heteroatoms. The molecule has 0 aliphatic heterocycles. The van der Waals surface area contributed by atoms with Crippen molar-refractivity contribution in [3.05, 3.63) is 16.1 Å². The van der Waals surface area contributed by atoms with Crippen molar-refractivity contribution < 1.29 is 4.79 Å². The standard InChI is InChI=1S/C15H25N3OS/c1-10(2)12(4)18(13-5-6-13)15(19)16-8-7-14-17-9-11(3)20-14/h9-10,12-13H,5-8H2,1-4H3,(H,16,19). The van der Waals surface area contributed by atoms with Crippen molar-refractivity contribution in [3.63, 3.8) is 0 Å². The molecular formula is C15H25N3OS. The summed E-state index contributed by atoms with van der Waals surface area (Å²) in [7, 11) is 0. The molecule has 1 N–H and O–H groups in total. The van der Waals surface area contributed by atoms with Crippen LogP contribution in [0.1, 0.15) is 43.5 Å². The number of carbonyl (C=O) groups is 1. The zero-order chi connectivity index (χ0) is 14.7. The Labute approximate surface area is 125 Å². The van der Waals surface area contributed by atoms with Crippen LogP contribution in [-0.2, 0) is 6.42 Å². The van der Waals surface area contributed by atoms with Gasteiger partial charge in [0.2, 0.25) is 0 Å². The molecule has 1 aliphatic rings. The lowest BCUT2D eigenvalue weighted by molar-refractivity contribution is 0.157. The topological polar surface area (TPSA) is 45.2 Å². The molecule has 0 aromatic carbocycles. The van der Waals surface area contributed by atoms with Crippen LogP contribution >= 0.6 is 11.3 Å². The van der Waals surface area contributed by atoms with E-state index >= 15 is 0 Å². The van der Waals surface area contributed by atoms with Crippen LogP contribution in [0.2, 0.25) is 0 Å². The molecule has 20 heavy (non-hydrogen) atoms. The number of aromatic nitrogens is 1. The van der Waals surface area contributed by atoms with Crippen LogP contribution in [0.4, 0.5) is 4.79 Å². The third-order valence-corrected chi connectivity index (χ3v) is 4.84. The summed E-state index contributed by atoms with van der Waals surface area (Å²) in [5.41, 5.74) is 0. The number of hydrogen-bond donors (Lipinski definition) is 1. The van der Waals surface area contributed by atoms with E-state index in [1.807, 2.05) is 11.1 Å². The van der Waals surface area contributed by atoms with Gasteiger partial charge in [-0.25, -0.2) is 9.78 Å². The number of amides is 2. The predicted octanol–water partition coefficient (Wildman–Crippen LogP) is 3.21. The molecule has 1 aromatic heterocycles. The minimum absolute atomic E-state index is 0.0852. The molecule has 0 bridgehead atoms. The van der Waals surface area contributed by atoms with Gasteiger partial charge in [-0.1, -0.05) is 13.8 Å². The van der Waals surface area contributed by atoms with Crippen LogP contribution in [0, 0.1) is 12.8 Å². The highest BCUT2D eigenvalue weighted by molar-refractivity contribution is 7.11. The summed E-state index contributed by atoms with van der Waals surface area (Å²) in [6.07, 6.45) is 5.00. The van der Waals surface area contributed by atoms with E-state index in [4.69, 9.17) is 0 Å². The average Bonchev–Trinajstić information content (AvgIpc) is 3.12. The lowest BCUT2D eigenvalue weighted by Crippen LogP contribution is -2.48. The van der Waals surface area contributed by atoms with Gasteiger partial charge in [-0.3, -0.25) is 0 Å². The second-order valence-electron chi connectivity index (χ2n) is 5.97. The van der Waals surface area contributed by atoms with Gasteiger partial charge in [0.15, 0.2) is 0 Å². The highest BCUT2D eigenvalue weighted by Gasteiger charge is 2.36. The highest BCUT2D eigenvalue weighted by atomic mass is 32.1. The molecular weight excluding hydrogens is 270 g/mol. The van der Waals surface area contributed by atoms with E-state index in [2.05, 4.69) is 38.0 Å². The summed E-state index contributed by atoms with van der Waals surface area (Å²) < 4.78 is 0. The van der Waals surface area contributed by atoms with Crippen LogP contribution in [-0.4, -0.2) is 34.5 Å². The number of thiazole rings is 1. The normalized spacial score (nSPS) is 16.2. The van der Waals surface area contributed by atoms with Gasteiger partial charge in [0.05, 0.1) is 5.01 Å². The lowest BCUT2D eigenvalue weighted by Gasteiger charge is -2.32. The SMILES string of the molecule is Cc1cnc(CCNC(=O)N(C2CC2)C(C)C(C)C)s1. The Kier molecular flexibility index (Phi) is 5.02. The summed E-state index contributed by atoms with van der Waals surface area (Å²) in [5.74, 6) is 0.489. The number of hydrogen-bond acceptors (Lipinski definition) is 3. The van der Waals surface area contributed by atoms with E-state index in [-0.39, 0.29) is 6.03 Å². The van der Waals surface area contributed by atoms with E-state index in [1.54, 1.807) is 11.3 Å². The van der Waals surface area contributed by atoms with Crippen molar-refractivity contribution in [3.8, 4) is 0 Å². The quantitative estimate of drug-likeness (QED) is 0.876. The van der Waals surface area contributed by atoms with Crippen LogP contribution < -0.4 is 5.32 Å². The van der Waals surface area contributed by atoms with Gasteiger partial charge in [0, 0.05) is 36.1 Å². The molecule has 2 amide bonds. The molecule has 1 fully saturated rings. The summed E-state index contributed by atoms with van der Waals surface area (Å²) in [4.78, 5) is 19.9. The zero-order valence-electron chi connectivity index (χ0n) is 12.8. The third kappa shape index (κ3) is 3.95. The fourth-order valence-electron chi connectivity index (χ4n) is 2.24. The smallest absolute Gasteiger partial charge is 0.317 e. The summed E-state index contributed by atoms with van der Waals surface area (Å²) in [6, 6.07) is 0.834. The Morgan fingerprint density at radius 2 is 2.20 bits per heavy atom. The van der Waals surface area contributed by atoms with Crippen molar-refractivity contribution in [1.82, 2.24) is 15.2 Å². The molecule has 1 aromatic rings. The molecule has 112 valence electrons. The van der Waals surface area contributed by atoms with Crippen molar-refractivity contribution >= 4 is 17.4 Å². The first-order chi connectivity index (χ1) is 9.49. The van der Waals surface area contributed by atoms with Crippen LogP contribution in [0.3, 0.4) is 0 Å². The number of rotatable bonds is 6. The molecule has 1 atom stereocenters. The Morgan fingerprint density at radius 3 is 2.70 bits per heavy atom. The van der Waals surface area contributed by atoms with Gasteiger partial charge >= 0.3 is 6.03 Å². The Morgan fingerprint density at radius 1 is 1.50 bits per heavy atom. The Balaban J connectivity index is 1.82. The number of urea groups is 1. The van der Waals surface area contributed by atoms with Crippen LogP contribution in [0.5, 0.6) is 0 Å². The molecule has 2 rings (SSSR count). The molecule has 1 heterocycles. The predicted molar refractivity (Wildman–Crippen MR) is 83.1 cm³/mol. The van der Waals surface area contributed by atoms with Gasteiger partial charge in [-0.05, 0) is 32.6 Å². The molecule has 0 spiro atoms. The summed E-state index contributed by atoms with van der Waals surface area (Å²) in [5, 5.41) is 4.15. The minimum atomic E-state index is 0.0852. The number of nitrogens with one attached hydrogen (secondary N) is 1. The molecule has 0 radical (unpaired) electrons. The van der Waals surface area contributed by atoms with Crippen molar-refractivity contribution in [2.24, 2.45) is 5.92 Å². The van der Waals surface area contributed by atoms with E-state index in [0.29, 0.717) is 24.5 Å². The second kappa shape index (κ2) is 6.57. The van der Waals surface area contributed by atoms with E-state index in [1.165, 1.54) is 4.88 Å². The van der Waals surface area contributed by atoms with Crippen LogP contribution in [0.15, 0.2) is 6.20 Å². The van der Waals surface area contributed by atoms with E-state index in [9.17, 15) is 4.79 Å². The number of nitrogens with zero attached hydrogens (tertiary/aromatic N) is 2. The van der Waals surface area contributed by atoms with Crippen LogP contribution in [0.25, 0.3) is 0 Å². The maximum Gasteiger partial charge on any atom is 0.317 e. The Bertz CT molecular complexity index is 454. The summed E-state index contributed by atoms with van der Waals surface area (Å²) in [6.45, 7) is 9.21. The fraction of sp³-hybridized carbons (Fsp3) is 0.733. The average molecular weight is 295 g/mol. The molecule has 0 saturated heterocycles. The maximum absolute atomic E-state index is 12.4. The van der Waals surface area contributed by atoms with E-state index < -0.39 is 0 Å². The fourth-order valence-corrected chi connectivity index (χ4v) is 3.03. The molecule has 4 nitrogen and oxygen atoms in total. The first-order valence-electron chi connectivity index (χ1n) is 7.46. The van der Waals surface area contributed by atoms with Gasteiger partial charge in [0.1, 0.15) is 0 Å². The lowest BCUT2D eigenvalue weighted by atomic mass is 10.0. The minimum Gasteiger partial charge on any atom is -0.338 e. The van der Waals surface area contributed by atoms with Crippen molar-refractivity contribution in [1.29, 1.82) is 0 Å². The molecule has 1 aliphatic carbocycles. The van der Waals surface area contributed by atoms with Crippen molar-refractivity contribution in [2.45, 2.75) is 59.0 Å². The van der Waals surface area contributed by atoms with Crippen molar-refractivity contribution in [2.75, 3.05) is 6.54 Å². The first kappa shape index (κ1) is 15.3. The first-order valence-corrected chi connectivity index (χ1v) is 8.28. The number of carbonyl (C=O) groups excluding carboxylic acids is 1. The Hall–Kier alpha value is -1.10. The third-order valence-electron chi connectivity index (χ3n) is 3.86. The largest absolute Gasteiger partial charge is 0.338 e. The second-order valence-corrected chi connectivity index (χ2v) is 7.29. The van der Waals surface area contributed by atoms with E-state index in [0.717, 1.165) is 24.3 Å². The van der Waals surface area contributed by atoms with Gasteiger partial charge in [-0.15, -0.1) is 11.3 Å². The number of aryl methyl sites for hydroxylation is 1. The highest BCUT2D eigenvalue weighted by Crippen LogP contribution is 2.30. The monoisotopic (exact) mass is 295 g/mol. The molecule has 1 saturated carbocycles.